The Balaban J connectivity index is 0. The van der Waals surface area contributed by atoms with E-state index in [1.54, 1.807) is 6.92 Å². The van der Waals surface area contributed by atoms with Crippen molar-refractivity contribution >= 4 is 5.78 Å². The van der Waals surface area contributed by atoms with Crippen LogP contribution in [0.25, 0.3) is 0 Å². The lowest BCUT2D eigenvalue weighted by Crippen LogP contribution is -1.93. The normalized spacial score (nSPS) is 8.60. The van der Waals surface area contributed by atoms with E-state index in [9.17, 15) is 4.79 Å². The minimum Gasteiger partial charge on any atom is -0.300 e. The van der Waals surface area contributed by atoms with Crippen LogP contribution in [0.4, 0.5) is 0 Å². The third-order valence-electron chi connectivity index (χ3n) is 1.07. The maximum atomic E-state index is 10.3. The summed E-state index contributed by atoms with van der Waals surface area (Å²) in [5.41, 5.74) is 0. The average Bonchev–Trinajstić information content (AvgIpc) is 1.89. The number of carbonyl (C=O) groups is 1. The molecule has 0 spiro atoms. The molecule has 0 saturated heterocycles. The molecule has 0 bridgehead atoms. The Bertz CT molecular complexity index is 74.8. The van der Waals surface area contributed by atoms with Gasteiger partial charge in [0.1, 0.15) is 5.78 Å². The van der Waals surface area contributed by atoms with Crippen molar-refractivity contribution in [1.29, 1.82) is 0 Å². The summed E-state index contributed by atoms with van der Waals surface area (Å²) in [4.78, 5) is 10.3. The van der Waals surface area contributed by atoms with Crippen LogP contribution in [0.2, 0.25) is 0 Å². The van der Waals surface area contributed by atoms with Crippen LogP contribution in [-0.2, 0) is 4.79 Å². The largest absolute Gasteiger partial charge is 0.300 e. The van der Waals surface area contributed by atoms with E-state index in [2.05, 4.69) is 13.8 Å². The Hall–Kier alpha value is -0.330. The van der Waals surface area contributed by atoms with Gasteiger partial charge in [-0.2, -0.15) is 0 Å². The standard InChI is InChI=1S/C7H14O.C2H6/c1-6(2)4-5-7(3)8;1-2/h6H,4-5H2,1-3H3;1-2H3. The van der Waals surface area contributed by atoms with Crippen LogP contribution in [0.3, 0.4) is 0 Å². The van der Waals surface area contributed by atoms with E-state index in [1.165, 1.54) is 0 Å². The highest BCUT2D eigenvalue weighted by Crippen LogP contribution is 2.02. The molecular weight excluding hydrogens is 124 g/mol. The smallest absolute Gasteiger partial charge is 0.129 e. The van der Waals surface area contributed by atoms with Gasteiger partial charge in [-0.25, -0.2) is 0 Å². The molecule has 1 nitrogen and oxygen atoms in total. The molecule has 10 heavy (non-hydrogen) atoms. The van der Waals surface area contributed by atoms with Crippen molar-refractivity contribution in [3.8, 4) is 0 Å². The van der Waals surface area contributed by atoms with Gasteiger partial charge in [0.05, 0.1) is 0 Å². The van der Waals surface area contributed by atoms with Crippen molar-refractivity contribution in [3.63, 3.8) is 0 Å². The number of carbonyl (C=O) groups excluding carboxylic acids is 1. The lowest BCUT2D eigenvalue weighted by atomic mass is 10.1. The maximum absolute atomic E-state index is 10.3. The fourth-order valence-electron chi connectivity index (χ4n) is 0.492. The minimum atomic E-state index is 0.304. The first-order chi connectivity index (χ1) is 4.63. The van der Waals surface area contributed by atoms with Crippen molar-refractivity contribution in [1.82, 2.24) is 0 Å². The topological polar surface area (TPSA) is 17.1 Å². The second kappa shape index (κ2) is 8.67. The molecule has 0 radical (unpaired) electrons. The summed E-state index contributed by atoms with van der Waals surface area (Å²) in [6.07, 6.45) is 1.78. The molecule has 0 N–H and O–H groups in total. The Morgan fingerprint density at radius 3 is 1.80 bits per heavy atom. The third-order valence-corrected chi connectivity index (χ3v) is 1.07. The van der Waals surface area contributed by atoms with Crippen molar-refractivity contribution in [2.24, 2.45) is 5.92 Å². The SMILES string of the molecule is CC.CC(=O)CCC(C)C. The summed E-state index contributed by atoms with van der Waals surface area (Å²) in [6.45, 7) is 9.90. The molecule has 0 aliphatic heterocycles. The molecule has 0 atom stereocenters. The van der Waals surface area contributed by atoms with Crippen molar-refractivity contribution in [3.05, 3.63) is 0 Å². The van der Waals surface area contributed by atoms with Gasteiger partial charge >= 0.3 is 0 Å². The fourth-order valence-corrected chi connectivity index (χ4v) is 0.492. The molecule has 0 amide bonds. The van der Waals surface area contributed by atoms with Crippen molar-refractivity contribution in [2.45, 2.75) is 47.5 Å². The summed E-state index contributed by atoms with van der Waals surface area (Å²) < 4.78 is 0. The van der Waals surface area contributed by atoms with Crippen molar-refractivity contribution in [2.75, 3.05) is 0 Å². The Morgan fingerprint density at radius 2 is 1.70 bits per heavy atom. The average molecular weight is 144 g/mol. The van der Waals surface area contributed by atoms with Gasteiger partial charge in [-0.1, -0.05) is 27.7 Å². The lowest BCUT2D eigenvalue weighted by molar-refractivity contribution is -0.117. The predicted octanol–water partition coefficient (Wildman–Crippen LogP) is 3.04. The van der Waals surface area contributed by atoms with Crippen LogP contribution < -0.4 is 0 Å². The lowest BCUT2D eigenvalue weighted by Gasteiger charge is -1.98. The first kappa shape index (κ1) is 12.4. The molecule has 0 unspecified atom stereocenters. The summed E-state index contributed by atoms with van der Waals surface area (Å²) in [6, 6.07) is 0. The van der Waals surface area contributed by atoms with Gasteiger partial charge in [-0.05, 0) is 19.3 Å². The predicted molar refractivity (Wildman–Crippen MR) is 46.1 cm³/mol. The van der Waals surface area contributed by atoms with Crippen molar-refractivity contribution < 1.29 is 4.79 Å². The molecule has 0 fully saturated rings. The molecule has 0 rings (SSSR count). The van der Waals surface area contributed by atoms with Crippen LogP contribution in [0.5, 0.6) is 0 Å². The van der Waals surface area contributed by atoms with Crippen LogP contribution in [0.1, 0.15) is 47.5 Å². The maximum Gasteiger partial charge on any atom is 0.129 e. The first-order valence-corrected chi connectivity index (χ1v) is 4.12. The molecule has 0 saturated carbocycles. The van der Waals surface area contributed by atoms with E-state index < -0.39 is 0 Å². The molecule has 0 aliphatic rings. The van der Waals surface area contributed by atoms with Gasteiger partial charge in [0.2, 0.25) is 0 Å². The van der Waals surface area contributed by atoms with Crippen LogP contribution in [0.15, 0.2) is 0 Å². The van der Waals surface area contributed by atoms with E-state index in [1.807, 2.05) is 13.8 Å². The van der Waals surface area contributed by atoms with E-state index in [-0.39, 0.29) is 0 Å². The van der Waals surface area contributed by atoms with Crippen LogP contribution in [-0.4, -0.2) is 5.78 Å². The fraction of sp³-hybridized carbons (Fsp3) is 0.889. The second-order valence-corrected chi connectivity index (χ2v) is 2.63. The van der Waals surface area contributed by atoms with Crippen LogP contribution >= 0.6 is 0 Å². The molecule has 0 aromatic carbocycles. The zero-order chi connectivity index (χ0) is 8.57. The van der Waals surface area contributed by atoms with Gasteiger partial charge in [0.25, 0.3) is 0 Å². The molecule has 1 heteroatoms. The Morgan fingerprint density at radius 1 is 1.30 bits per heavy atom. The number of hydrogen-bond acceptors (Lipinski definition) is 1. The molecule has 0 aromatic rings. The van der Waals surface area contributed by atoms with E-state index in [4.69, 9.17) is 0 Å². The van der Waals surface area contributed by atoms with Crippen LogP contribution in [0, 0.1) is 5.92 Å². The summed E-state index contributed by atoms with van der Waals surface area (Å²) >= 11 is 0. The molecule has 0 aromatic heterocycles. The summed E-state index contributed by atoms with van der Waals surface area (Å²) in [5, 5.41) is 0. The Labute approximate surface area is 64.8 Å². The van der Waals surface area contributed by atoms with Gasteiger partial charge in [-0.3, -0.25) is 0 Å². The second-order valence-electron chi connectivity index (χ2n) is 2.63. The highest BCUT2D eigenvalue weighted by Gasteiger charge is 1.95. The van der Waals surface area contributed by atoms with E-state index in [0.29, 0.717) is 11.7 Å². The highest BCUT2D eigenvalue weighted by molar-refractivity contribution is 5.75. The molecule has 62 valence electrons. The molecule has 0 heterocycles. The first-order valence-electron chi connectivity index (χ1n) is 4.12. The van der Waals surface area contributed by atoms with Gasteiger partial charge < -0.3 is 4.79 Å². The third kappa shape index (κ3) is 15.6. The highest BCUT2D eigenvalue weighted by atomic mass is 16.1. The summed E-state index contributed by atoms with van der Waals surface area (Å²) in [7, 11) is 0. The number of rotatable bonds is 3. The quantitative estimate of drug-likeness (QED) is 0.595. The van der Waals surface area contributed by atoms with E-state index in [0.717, 1.165) is 12.8 Å². The number of ketones is 1. The Kier molecular flexibility index (Phi) is 10.7. The van der Waals surface area contributed by atoms with E-state index >= 15 is 0 Å². The molecule has 0 aliphatic carbocycles. The van der Waals surface area contributed by atoms with Gasteiger partial charge in [0.15, 0.2) is 0 Å². The number of Topliss-reactive ketones (excluding diaryl/α,β-unsaturated/α-hetero) is 1. The summed E-state index contributed by atoms with van der Waals surface area (Å²) in [5.74, 6) is 0.970. The zero-order valence-electron chi connectivity index (χ0n) is 7.90. The zero-order valence-corrected chi connectivity index (χ0v) is 7.90. The monoisotopic (exact) mass is 144 g/mol. The minimum absolute atomic E-state index is 0.304. The van der Waals surface area contributed by atoms with Gasteiger partial charge in [-0.15, -0.1) is 0 Å². The van der Waals surface area contributed by atoms with Gasteiger partial charge in [0, 0.05) is 6.42 Å². The number of hydrogen-bond donors (Lipinski definition) is 0. The molecular formula is C9H20O.